The van der Waals surface area contributed by atoms with Crippen molar-refractivity contribution in [2.75, 3.05) is 13.2 Å². The second-order valence-electron chi connectivity index (χ2n) is 7.53. The van der Waals surface area contributed by atoms with Gasteiger partial charge in [0.05, 0.1) is 0 Å². The molecule has 0 aliphatic heterocycles. The van der Waals surface area contributed by atoms with Gasteiger partial charge in [-0.15, -0.1) is 0 Å². The van der Waals surface area contributed by atoms with Gasteiger partial charge in [-0.05, 0) is 46.4 Å². The molecule has 0 saturated carbocycles. The summed E-state index contributed by atoms with van der Waals surface area (Å²) >= 11 is 5.91. The normalized spacial score (nSPS) is 13.2. The Morgan fingerprint density at radius 1 is 0.935 bits per heavy atom. The number of alkyl carbamates (subject to hydrolysis) is 1. The number of nitrogens with one attached hydrogen (secondary N) is 1. The van der Waals surface area contributed by atoms with Crippen LogP contribution in [0.3, 0.4) is 0 Å². The molecule has 0 unspecified atom stereocenters. The van der Waals surface area contributed by atoms with Crippen LogP contribution >= 0.6 is 11.6 Å². The van der Waals surface area contributed by atoms with E-state index in [1.165, 1.54) is 0 Å². The summed E-state index contributed by atoms with van der Waals surface area (Å²) in [7, 11) is 0. The number of carbonyl (C=O) groups is 2. The molecule has 1 aliphatic carbocycles. The summed E-state index contributed by atoms with van der Waals surface area (Å²) in [4.78, 5) is 23.5. The van der Waals surface area contributed by atoms with E-state index in [0.717, 1.165) is 27.8 Å². The van der Waals surface area contributed by atoms with E-state index in [4.69, 9.17) is 16.3 Å². The lowest BCUT2D eigenvalue weighted by atomic mass is 9.96. The van der Waals surface area contributed by atoms with Crippen LogP contribution in [0.1, 0.15) is 34.9 Å². The van der Waals surface area contributed by atoms with Crippen molar-refractivity contribution in [3.05, 3.63) is 94.5 Å². The van der Waals surface area contributed by atoms with Crippen molar-refractivity contribution in [3.63, 3.8) is 0 Å². The minimum absolute atomic E-state index is 0.0339. The van der Waals surface area contributed by atoms with Crippen LogP contribution in [0, 0.1) is 0 Å². The van der Waals surface area contributed by atoms with Gasteiger partial charge < -0.3 is 20.0 Å². The van der Waals surface area contributed by atoms with Crippen molar-refractivity contribution >= 4 is 23.7 Å². The molecule has 5 nitrogen and oxygen atoms in total. The van der Waals surface area contributed by atoms with Gasteiger partial charge in [-0.3, -0.25) is 0 Å². The predicted molar refractivity (Wildman–Crippen MR) is 117 cm³/mol. The fourth-order valence-corrected chi connectivity index (χ4v) is 4.23. The molecule has 1 aliphatic rings. The van der Waals surface area contributed by atoms with Gasteiger partial charge in [0.2, 0.25) is 0 Å². The van der Waals surface area contributed by atoms with E-state index in [1.807, 2.05) is 24.3 Å². The molecule has 1 N–H and O–H groups in total. The molecule has 1 amide bonds. The molecule has 4 rings (SSSR count). The van der Waals surface area contributed by atoms with E-state index in [0.29, 0.717) is 5.02 Å². The quantitative estimate of drug-likeness (QED) is 0.607. The predicted octanol–water partition coefficient (Wildman–Crippen LogP) is 4.10. The largest absolute Gasteiger partial charge is 0.550 e. The van der Waals surface area contributed by atoms with Crippen molar-refractivity contribution in [3.8, 4) is 11.1 Å². The van der Waals surface area contributed by atoms with E-state index < -0.39 is 18.0 Å². The second-order valence-corrected chi connectivity index (χ2v) is 7.97. The van der Waals surface area contributed by atoms with Crippen LogP contribution in [0.25, 0.3) is 11.1 Å². The maximum absolute atomic E-state index is 12.4. The maximum atomic E-state index is 12.4. The molecule has 0 saturated heterocycles. The molecule has 31 heavy (non-hydrogen) atoms. The SMILES string of the molecule is O=C([O-])C[C@H](CNC(=O)OCC1c2ccccc2-c2ccccc21)c1ccc(Cl)cc1. The highest BCUT2D eigenvalue weighted by molar-refractivity contribution is 6.30. The van der Waals surface area contributed by atoms with Gasteiger partial charge in [0.15, 0.2) is 0 Å². The highest BCUT2D eigenvalue weighted by atomic mass is 35.5. The minimum atomic E-state index is -1.19. The summed E-state index contributed by atoms with van der Waals surface area (Å²) in [5.74, 6) is -1.66. The lowest BCUT2D eigenvalue weighted by molar-refractivity contribution is -0.306. The Kier molecular flexibility index (Phi) is 6.23. The molecule has 0 bridgehead atoms. The first kappa shape index (κ1) is 20.9. The number of rotatable bonds is 7. The third-order valence-electron chi connectivity index (χ3n) is 5.59. The smallest absolute Gasteiger partial charge is 0.407 e. The number of carboxylic acid groups (broad SMARTS) is 1. The third kappa shape index (κ3) is 4.72. The van der Waals surface area contributed by atoms with Crippen molar-refractivity contribution in [2.24, 2.45) is 0 Å². The molecule has 0 heterocycles. The standard InChI is InChI=1S/C25H22ClNO4/c26-18-11-9-16(10-12-18)17(13-24(28)29)14-27-25(30)31-15-23-21-7-3-1-5-19(21)20-6-2-4-8-22(20)23/h1-12,17,23H,13-15H2,(H,27,30)(H,28,29)/p-1/t17-/m1/s1. The van der Waals surface area contributed by atoms with Gasteiger partial charge in [-0.1, -0.05) is 72.3 Å². The van der Waals surface area contributed by atoms with Gasteiger partial charge in [-0.2, -0.15) is 0 Å². The number of fused-ring (bicyclic) bond motifs is 3. The number of amides is 1. The number of hydrogen-bond donors (Lipinski definition) is 1. The summed E-state index contributed by atoms with van der Waals surface area (Å²) in [6, 6.07) is 23.1. The van der Waals surface area contributed by atoms with Crippen LogP contribution < -0.4 is 10.4 Å². The summed E-state index contributed by atoms with van der Waals surface area (Å²) in [5.41, 5.74) is 5.33. The first-order chi connectivity index (χ1) is 15.0. The van der Waals surface area contributed by atoms with E-state index in [2.05, 4.69) is 29.6 Å². The van der Waals surface area contributed by atoms with Crippen molar-refractivity contribution in [1.82, 2.24) is 5.32 Å². The Morgan fingerprint density at radius 3 is 2.10 bits per heavy atom. The average Bonchev–Trinajstić information content (AvgIpc) is 3.09. The number of carboxylic acids is 1. The van der Waals surface area contributed by atoms with Crippen molar-refractivity contribution < 1.29 is 19.4 Å². The van der Waals surface area contributed by atoms with E-state index >= 15 is 0 Å². The fourth-order valence-electron chi connectivity index (χ4n) is 4.10. The molecule has 0 fully saturated rings. The maximum Gasteiger partial charge on any atom is 0.407 e. The van der Waals surface area contributed by atoms with Crippen molar-refractivity contribution in [1.29, 1.82) is 0 Å². The Labute approximate surface area is 185 Å². The lowest BCUT2D eigenvalue weighted by Crippen LogP contribution is -2.33. The molecule has 3 aromatic rings. The third-order valence-corrected chi connectivity index (χ3v) is 5.84. The number of halogens is 1. The highest BCUT2D eigenvalue weighted by Gasteiger charge is 2.29. The molecule has 158 valence electrons. The minimum Gasteiger partial charge on any atom is -0.550 e. The van der Waals surface area contributed by atoms with Crippen LogP contribution in [0.4, 0.5) is 4.79 Å². The Bertz CT molecular complexity index is 1050. The molecule has 0 spiro atoms. The first-order valence-electron chi connectivity index (χ1n) is 10.1. The summed E-state index contributed by atoms with van der Waals surface area (Å²) in [5, 5.41) is 14.4. The van der Waals surface area contributed by atoms with Crippen LogP contribution in [0.15, 0.2) is 72.8 Å². The average molecular weight is 435 g/mol. The van der Waals surface area contributed by atoms with Crippen LogP contribution in [0.2, 0.25) is 5.02 Å². The van der Waals surface area contributed by atoms with Crippen LogP contribution in [-0.2, 0) is 9.53 Å². The second kappa shape index (κ2) is 9.23. The summed E-state index contributed by atoms with van der Waals surface area (Å²) in [6.07, 6.45) is -0.801. The Hall–Kier alpha value is -3.31. The number of ether oxygens (including phenoxy) is 1. The van der Waals surface area contributed by atoms with Crippen LogP contribution in [0.5, 0.6) is 0 Å². The number of aliphatic carboxylic acids is 1. The zero-order valence-corrected chi connectivity index (χ0v) is 17.5. The Balaban J connectivity index is 1.40. The molecule has 0 radical (unpaired) electrons. The molecule has 1 atom stereocenters. The molecule has 3 aromatic carbocycles. The van der Waals surface area contributed by atoms with Crippen LogP contribution in [-0.4, -0.2) is 25.2 Å². The molecule has 6 heteroatoms. The first-order valence-corrected chi connectivity index (χ1v) is 10.4. The van der Waals surface area contributed by atoms with Gasteiger partial charge in [0, 0.05) is 29.4 Å². The number of carbonyl (C=O) groups excluding carboxylic acids is 2. The monoisotopic (exact) mass is 434 g/mol. The van der Waals surface area contributed by atoms with E-state index in [1.54, 1.807) is 24.3 Å². The Morgan fingerprint density at radius 2 is 1.52 bits per heavy atom. The van der Waals surface area contributed by atoms with Gasteiger partial charge in [0.1, 0.15) is 6.61 Å². The summed E-state index contributed by atoms with van der Waals surface area (Å²) < 4.78 is 5.52. The number of hydrogen-bond acceptors (Lipinski definition) is 4. The fraction of sp³-hybridized carbons (Fsp3) is 0.200. The topological polar surface area (TPSA) is 78.5 Å². The van der Waals surface area contributed by atoms with Crippen molar-refractivity contribution in [2.45, 2.75) is 18.3 Å². The number of benzene rings is 3. The van der Waals surface area contributed by atoms with Gasteiger partial charge >= 0.3 is 6.09 Å². The molecular weight excluding hydrogens is 414 g/mol. The lowest BCUT2D eigenvalue weighted by Gasteiger charge is -2.19. The molecular formula is C25H21ClNO4-. The van der Waals surface area contributed by atoms with Gasteiger partial charge in [-0.25, -0.2) is 4.79 Å². The van der Waals surface area contributed by atoms with E-state index in [-0.39, 0.29) is 25.5 Å². The molecule has 0 aromatic heterocycles. The highest BCUT2D eigenvalue weighted by Crippen LogP contribution is 2.44. The zero-order valence-electron chi connectivity index (χ0n) is 16.7. The van der Waals surface area contributed by atoms with Gasteiger partial charge in [0.25, 0.3) is 0 Å². The summed E-state index contributed by atoms with van der Waals surface area (Å²) in [6.45, 7) is 0.318. The van der Waals surface area contributed by atoms with E-state index in [9.17, 15) is 14.7 Å². The zero-order chi connectivity index (χ0) is 21.8.